The molecule has 110 valence electrons. The quantitative estimate of drug-likeness (QED) is 0.881. The number of fused-ring (bicyclic) bond motifs is 3. The number of piperazine rings is 3. The highest BCUT2D eigenvalue weighted by Crippen LogP contribution is 2.24. The zero-order valence-corrected chi connectivity index (χ0v) is 11.9. The summed E-state index contributed by atoms with van der Waals surface area (Å²) in [5.41, 5.74) is 7.00. The number of hydrogen-bond acceptors (Lipinski definition) is 4. The molecule has 0 aliphatic carbocycles. The first-order valence-corrected chi connectivity index (χ1v) is 7.22. The fourth-order valence-electron chi connectivity index (χ4n) is 3.33. The van der Waals surface area contributed by atoms with Gasteiger partial charge in [0.25, 0.3) is 0 Å². The fraction of sp³-hybridized carbons (Fsp3) is 0.600. The molecule has 1 aromatic rings. The largest absolute Gasteiger partial charge is 0.494 e. The lowest BCUT2D eigenvalue weighted by atomic mass is 9.95. The molecule has 3 heterocycles. The minimum Gasteiger partial charge on any atom is -0.494 e. The van der Waals surface area contributed by atoms with E-state index in [-0.39, 0.29) is 11.9 Å². The highest BCUT2D eigenvalue weighted by atomic mass is 19.1. The number of benzene rings is 1. The maximum atomic E-state index is 14.2. The molecule has 1 aromatic carbocycles. The van der Waals surface area contributed by atoms with Crippen LogP contribution in [0.15, 0.2) is 18.2 Å². The van der Waals surface area contributed by atoms with Crippen LogP contribution in [-0.4, -0.2) is 61.7 Å². The van der Waals surface area contributed by atoms with Gasteiger partial charge in [0.15, 0.2) is 11.6 Å². The zero-order valence-electron chi connectivity index (χ0n) is 11.9. The second-order valence-corrected chi connectivity index (χ2v) is 5.71. The molecule has 4 rings (SSSR count). The van der Waals surface area contributed by atoms with Crippen molar-refractivity contribution < 1.29 is 9.13 Å². The standard InChI is InChI=1S/C15H22FN3O/c1-20-14-4-2-3-11(15(14)16)9-12(17)13-10-18-5-7-19(13)8-6-18/h2-4,12-13H,5-10,17H2,1H3. The molecule has 3 fully saturated rings. The van der Waals surface area contributed by atoms with E-state index in [1.807, 2.05) is 6.07 Å². The van der Waals surface area contributed by atoms with E-state index >= 15 is 0 Å². The van der Waals surface area contributed by atoms with Gasteiger partial charge in [-0.3, -0.25) is 9.80 Å². The second kappa shape index (κ2) is 5.68. The Balaban J connectivity index is 1.71. The van der Waals surface area contributed by atoms with Crippen molar-refractivity contribution in [2.24, 2.45) is 5.73 Å². The molecule has 0 spiro atoms. The van der Waals surface area contributed by atoms with E-state index in [0.29, 0.717) is 23.8 Å². The minimum atomic E-state index is -0.276. The third-order valence-corrected chi connectivity index (χ3v) is 4.53. The van der Waals surface area contributed by atoms with Crippen molar-refractivity contribution in [3.63, 3.8) is 0 Å². The predicted molar refractivity (Wildman–Crippen MR) is 76.4 cm³/mol. The van der Waals surface area contributed by atoms with Gasteiger partial charge in [0.1, 0.15) is 0 Å². The van der Waals surface area contributed by atoms with Crippen LogP contribution in [0, 0.1) is 5.82 Å². The Morgan fingerprint density at radius 1 is 1.35 bits per heavy atom. The third-order valence-electron chi connectivity index (χ3n) is 4.53. The number of ether oxygens (including phenoxy) is 1. The molecule has 4 nitrogen and oxygen atoms in total. The molecule has 2 N–H and O–H groups in total. The predicted octanol–water partition coefficient (Wildman–Crippen LogP) is 0.704. The van der Waals surface area contributed by atoms with E-state index in [1.165, 1.54) is 7.11 Å². The SMILES string of the molecule is COc1cccc(CC(N)C2CN3CCN2CC3)c1F. The van der Waals surface area contributed by atoms with Gasteiger partial charge in [0.05, 0.1) is 7.11 Å². The summed E-state index contributed by atoms with van der Waals surface area (Å²) >= 11 is 0. The number of nitrogens with two attached hydrogens (primary N) is 1. The van der Waals surface area contributed by atoms with Crippen LogP contribution < -0.4 is 10.5 Å². The van der Waals surface area contributed by atoms with Crippen molar-refractivity contribution in [1.82, 2.24) is 9.80 Å². The van der Waals surface area contributed by atoms with E-state index in [2.05, 4.69) is 9.80 Å². The van der Waals surface area contributed by atoms with Crippen LogP contribution in [0.2, 0.25) is 0 Å². The van der Waals surface area contributed by atoms with Gasteiger partial charge in [-0.25, -0.2) is 4.39 Å². The second-order valence-electron chi connectivity index (χ2n) is 5.71. The summed E-state index contributed by atoms with van der Waals surface area (Å²) in [6.45, 7) is 5.44. The highest BCUT2D eigenvalue weighted by Gasteiger charge is 2.35. The van der Waals surface area contributed by atoms with Crippen LogP contribution in [0.4, 0.5) is 4.39 Å². The molecular weight excluding hydrogens is 257 g/mol. The Bertz CT molecular complexity index is 474. The lowest BCUT2D eigenvalue weighted by Gasteiger charge is -2.49. The van der Waals surface area contributed by atoms with Gasteiger partial charge in [-0.1, -0.05) is 12.1 Å². The number of nitrogens with zero attached hydrogens (tertiary/aromatic N) is 2. The summed E-state index contributed by atoms with van der Waals surface area (Å²) in [6, 6.07) is 5.56. The lowest BCUT2D eigenvalue weighted by Crippen LogP contribution is -2.66. The van der Waals surface area contributed by atoms with E-state index in [0.717, 1.165) is 32.7 Å². The average molecular weight is 279 g/mol. The van der Waals surface area contributed by atoms with Crippen molar-refractivity contribution in [3.05, 3.63) is 29.6 Å². The summed E-state index contributed by atoms with van der Waals surface area (Å²) in [5, 5.41) is 0. The first-order chi connectivity index (χ1) is 9.69. The van der Waals surface area contributed by atoms with Gasteiger partial charge >= 0.3 is 0 Å². The van der Waals surface area contributed by atoms with Crippen molar-refractivity contribution in [2.75, 3.05) is 39.8 Å². The van der Waals surface area contributed by atoms with Crippen molar-refractivity contribution in [3.8, 4) is 5.75 Å². The van der Waals surface area contributed by atoms with E-state index in [9.17, 15) is 4.39 Å². The number of hydrogen-bond donors (Lipinski definition) is 1. The van der Waals surface area contributed by atoms with Crippen LogP contribution in [0.3, 0.4) is 0 Å². The van der Waals surface area contributed by atoms with Crippen LogP contribution in [0.5, 0.6) is 5.75 Å². The molecule has 2 unspecified atom stereocenters. The Morgan fingerprint density at radius 2 is 2.10 bits per heavy atom. The molecule has 3 aliphatic rings. The summed E-state index contributed by atoms with van der Waals surface area (Å²) in [4.78, 5) is 4.90. The molecule has 20 heavy (non-hydrogen) atoms. The monoisotopic (exact) mass is 279 g/mol. The molecule has 5 heteroatoms. The summed E-state index contributed by atoms with van der Waals surface area (Å²) in [6.07, 6.45) is 0.554. The van der Waals surface area contributed by atoms with Gasteiger partial charge in [-0.2, -0.15) is 0 Å². The zero-order chi connectivity index (χ0) is 14.1. The summed E-state index contributed by atoms with van der Waals surface area (Å²) < 4.78 is 19.2. The average Bonchev–Trinajstić information content (AvgIpc) is 2.50. The molecule has 2 atom stereocenters. The normalized spacial score (nSPS) is 30.2. The Hall–Kier alpha value is -1.17. The smallest absolute Gasteiger partial charge is 0.168 e. The first-order valence-electron chi connectivity index (χ1n) is 7.22. The molecule has 0 aromatic heterocycles. The summed E-state index contributed by atoms with van der Waals surface area (Å²) in [5.74, 6) is 0.0191. The molecule has 3 aliphatic heterocycles. The number of methoxy groups -OCH3 is 1. The number of halogens is 1. The maximum Gasteiger partial charge on any atom is 0.168 e. The van der Waals surface area contributed by atoms with Crippen molar-refractivity contribution in [1.29, 1.82) is 0 Å². The van der Waals surface area contributed by atoms with Gasteiger partial charge in [-0.05, 0) is 18.1 Å². The maximum absolute atomic E-state index is 14.2. The summed E-state index contributed by atoms with van der Waals surface area (Å²) in [7, 11) is 1.49. The van der Waals surface area contributed by atoms with Crippen molar-refractivity contribution in [2.45, 2.75) is 18.5 Å². The number of rotatable bonds is 4. The molecule has 0 saturated carbocycles. The molecule has 0 radical (unpaired) electrons. The molecule has 3 saturated heterocycles. The fourth-order valence-corrected chi connectivity index (χ4v) is 3.33. The molecular formula is C15H22FN3O. The van der Waals surface area contributed by atoms with Crippen LogP contribution in [0.25, 0.3) is 0 Å². The third kappa shape index (κ3) is 2.53. The molecule has 2 bridgehead atoms. The van der Waals surface area contributed by atoms with Gasteiger partial charge < -0.3 is 10.5 Å². The van der Waals surface area contributed by atoms with Crippen LogP contribution in [0.1, 0.15) is 5.56 Å². The van der Waals surface area contributed by atoms with E-state index in [4.69, 9.17) is 10.5 Å². The Morgan fingerprint density at radius 3 is 2.70 bits per heavy atom. The molecule has 0 amide bonds. The topological polar surface area (TPSA) is 41.7 Å². The van der Waals surface area contributed by atoms with E-state index in [1.54, 1.807) is 12.1 Å². The van der Waals surface area contributed by atoms with Gasteiger partial charge in [0.2, 0.25) is 0 Å². The minimum absolute atomic E-state index is 0.0419. The Kier molecular flexibility index (Phi) is 3.92. The lowest BCUT2D eigenvalue weighted by molar-refractivity contribution is 0.00248. The van der Waals surface area contributed by atoms with Crippen LogP contribution in [-0.2, 0) is 6.42 Å². The first kappa shape index (κ1) is 13.8. The van der Waals surface area contributed by atoms with Gasteiger partial charge in [-0.15, -0.1) is 0 Å². The van der Waals surface area contributed by atoms with Crippen molar-refractivity contribution >= 4 is 0 Å². The Labute approximate surface area is 119 Å². The van der Waals surface area contributed by atoms with Crippen LogP contribution >= 0.6 is 0 Å². The van der Waals surface area contributed by atoms with Gasteiger partial charge in [0, 0.05) is 44.8 Å². The highest BCUT2D eigenvalue weighted by molar-refractivity contribution is 5.31. The van der Waals surface area contributed by atoms with E-state index < -0.39 is 0 Å².